The van der Waals surface area contributed by atoms with Gasteiger partial charge in [-0.2, -0.15) is 0 Å². The molecule has 0 aliphatic carbocycles. The fraction of sp³-hybridized carbons (Fsp3) is 0.714. The molecule has 12 nitrogen and oxygen atoms in total. The molecule has 0 aliphatic heterocycles. The van der Waals surface area contributed by atoms with Crippen LogP contribution in [0.4, 0.5) is 0 Å². The Morgan fingerprint density at radius 1 is 0.615 bits per heavy atom. The average Bonchev–Trinajstić information content (AvgIpc) is 2.68. The van der Waals surface area contributed by atoms with Crippen LogP contribution in [0.1, 0.15) is 23.6 Å². The van der Waals surface area contributed by atoms with Crippen molar-refractivity contribution in [1.82, 2.24) is 9.97 Å². The zero-order chi connectivity index (χ0) is 20.0. The van der Waals surface area contributed by atoms with Gasteiger partial charge in [-0.25, -0.2) is 4.98 Å². The van der Waals surface area contributed by atoms with Crippen molar-refractivity contribution in [3.8, 4) is 0 Å². The maximum atomic E-state index is 10.0. The van der Waals surface area contributed by atoms with Gasteiger partial charge in [-0.1, -0.05) is 0 Å². The molecule has 0 aliphatic rings. The van der Waals surface area contributed by atoms with Crippen LogP contribution in [0.25, 0.3) is 0 Å². The minimum absolute atomic E-state index is 0.345. The third-order valence-electron chi connectivity index (χ3n) is 3.79. The normalized spacial score (nSPS) is 21.3. The minimum Gasteiger partial charge on any atom is -0.394 e. The first-order valence-electron chi connectivity index (χ1n) is 7.63. The standard InChI is InChI=1S/C14H24N2O10/c17-3-7(19)11(23)13(25)9(21)5-1-15-2-6(16-5)10(22)14(26)12(24)8(20)4-18/h1-2,7-14,17-26H,3-4H2/t7-,8-,9+,10+,11+,12+,13-,14-/m1/s1. The molecule has 26 heavy (non-hydrogen) atoms. The lowest BCUT2D eigenvalue weighted by Crippen LogP contribution is -2.43. The van der Waals surface area contributed by atoms with Gasteiger partial charge in [-0.3, -0.25) is 4.98 Å². The lowest BCUT2D eigenvalue weighted by atomic mass is 10.00. The van der Waals surface area contributed by atoms with E-state index in [4.69, 9.17) is 10.2 Å². The van der Waals surface area contributed by atoms with Crippen LogP contribution in [-0.4, -0.2) is 111 Å². The molecule has 0 radical (unpaired) electrons. The Bertz CT molecular complexity index is 507. The van der Waals surface area contributed by atoms with Gasteiger partial charge in [-0.15, -0.1) is 0 Å². The summed E-state index contributed by atoms with van der Waals surface area (Å²) in [6.07, 6.45) is -12.9. The first-order valence-corrected chi connectivity index (χ1v) is 7.63. The summed E-state index contributed by atoms with van der Waals surface area (Å²) in [4.78, 5) is 7.41. The van der Waals surface area contributed by atoms with Gasteiger partial charge in [0.05, 0.1) is 37.0 Å². The van der Waals surface area contributed by atoms with E-state index in [1.165, 1.54) is 0 Å². The summed E-state index contributed by atoms with van der Waals surface area (Å²) in [5.74, 6) is 0. The molecule has 0 fully saturated rings. The van der Waals surface area contributed by atoms with E-state index < -0.39 is 62.0 Å². The molecule has 1 heterocycles. The Kier molecular flexibility index (Phi) is 8.85. The molecule has 0 aromatic carbocycles. The van der Waals surface area contributed by atoms with Gasteiger partial charge in [0.2, 0.25) is 0 Å². The highest BCUT2D eigenvalue weighted by atomic mass is 16.4. The third kappa shape index (κ3) is 5.34. The van der Waals surface area contributed by atoms with E-state index in [2.05, 4.69) is 9.97 Å². The number of aromatic nitrogens is 2. The number of nitrogens with zero attached hydrogens (tertiary/aromatic N) is 2. The van der Waals surface area contributed by atoms with Crippen LogP contribution in [0.2, 0.25) is 0 Å². The smallest absolute Gasteiger partial charge is 0.126 e. The van der Waals surface area contributed by atoms with Gasteiger partial charge < -0.3 is 51.1 Å². The molecular weight excluding hydrogens is 356 g/mol. The van der Waals surface area contributed by atoms with Gasteiger partial charge >= 0.3 is 0 Å². The van der Waals surface area contributed by atoms with Gasteiger partial charge in [-0.05, 0) is 0 Å². The van der Waals surface area contributed by atoms with Crippen molar-refractivity contribution in [2.24, 2.45) is 0 Å². The third-order valence-corrected chi connectivity index (χ3v) is 3.79. The van der Waals surface area contributed by atoms with Crippen molar-refractivity contribution in [3.05, 3.63) is 23.8 Å². The van der Waals surface area contributed by atoms with E-state index in [1.54, 1.807) is 0 Å². The lowest BCUT2D eigenvalue weighted by Gasteiger charge is -2.27. The van der Waals surface area contributed by atoms with Crippen LogP contribution in [0.15, 0.2) is 12.4 Å². The van der Waals surface area contributed by atoms with Crippen molar-refractivity contribution in [2.75, 3.05) is 13.2 Å². The molecule has 8 atom stereocenters. The Labute approximate surface area is 147 Å². The summed E-state index contributed by atoms with van der Waals surface area (Å²) in [7, 11) is 0. The maximum absolute atomic E-state index is 10.0. The van der Waals surface area contributed by atoms with Crippen LogP contribution in [0.5, 0.6) is 0 Å². The topological polar surface area (TPSA) is 228 Å². The van der Waals surface area contributed by atoms with Crippen molar-refractivity contribution in [2.45, 2.75) is 48.8 Å². The molecule has 0 saturated carbocycles. The summed E-state index contributed by atoms with van der Waals surface area (Å²) in [5.41, 5.74) is -0.690. The first-order chi connectivity index (χ1) is 12.1. The molecule has 10 N–H and O–H groups in total. The molecule has 150 valence electrons. The van der Waals surface area contributed by atoms with E-state index in [9.17, 15) is 40.9 Å². The second-order valence-corrected chi connectivity index (χ2v) is 5.72. The highest BCUT2D eigenvalue weighted by Crippen LogP contribution is 2.22. The van der Waals surface area contributed by atoms with E-state index in [-0.39, 0.29) is 11.4 Å². The van der Waals surface area contributed by atoms with E-state index in [1.807, 2.05) is 0 Å². The molecule has 1 aromatic heterocycles. The number of hydrogen-bond donors (Lipinski definition) is 10. The van der Waals surface area contributed by atoms with Crippen LogP contribution in [0, 0.1) is 0 Å². The van der Waals surface area contributed by atoms with Gasteiger partial charge in [0.1, 0.15) is 48.8 Å². The SMILES string of the molecule is OC[C@@H](O)[C@H](O)[C@H](O)[C@@H](O)c1cncc([C@H](O)[C@@H](O)[C@@H](O)[C@H](O)CO)n1. The minimum atomic E-state index is -1.95. The highest BCUT2D eigenvalue weighted by molar-refractivity contribution is 5.11. The largest absolute Gasteiger partial charge is 0.394 e. The first kappa shape index (κ1) is 22.7. The quantitative estimate of drug-likeness (QED) is 0.183. The molecule has 0 saturated heterocycles. The highest BCUT2D eigenvalue weighted by Gasteiger charge is 2.34. The van der Waals surface area contributed by atoms with Crippen LogP contribution in [-0.2, 0) is 0 Å². The van der Waals surface area contributed by atoms with Crippen LogP contribution < -0.4 is 0 Å². The maximum Gasteiger partial charge on any atom is 0.126 e. The number of aliphatic hydroxyl groups is 10. The van der Waals surface area contributed by atoms with E-state index >= 15 is 0 Å². The van der Waals surface area contributed by atoms with E-state index in [0.717, 1.165) is 12.4 Å². The molecule has 0 unspecified atom stereocenters. The molecule has 12 heteroatoms. The van der Waals surface area contributed by atoms with Crippen molar-refractivity contribution >= 4 is 0 Å². The fourth-order valence-electron chi connectivity index (χ4n) is 2.08. The van der Waals surface area contributed by atoms with Crippen LogP contribution in [0.3, 0.4) is 0 Å². The van der Waals surface area contributed by atoms with Crippen LogP contribution >= 0.6 is 0 Å². The zero-order valence-electron chi connectivity index (χ0n) is 13.6. The predicted molar refractivity (Wildman–Crippen MR) is 82.2 cm³/mol. The van der Waals surface area contributed by atoms with Gasteiger partial charge in [0, 0.05) is 0 Å². The molecule has 1 rings (SSSR count). The second-order valence-electron chi connectivity index (χ2n) is 5.72. The Morgan fingerprint density at radius 3 is 1.27 bits per heavy atom. The molecule has 1 aromatic rings. The second kappa shape index (κ2) is 10.1. The molecule has 0 amide bonds. The summed E-state index contributed by atoms with van der Waals surface area (Å²) < 4.78 is 0. The summed E-state index contributed by atoms with van der Waals surface area (Å²) in [5, 5.41) is 95.0. The molecule has 0 spiro atoms. The van der Waals surface area contributed by atoms with Crippen molar-refractivity contribution in [3.63, 3.8) is 0 Å². The number of rotatable bonds is 10. The monoisotopic (exact) mass is 380 g/mol. The summed E-state index contributed by atoms with van der Waals surface area (Å²) in [6, 6.07) is 0. The number of aliphatic hydroxyl groups excluding tert-OH is 10. The summed E-state index contributed by atoms with van der Waals surface area (Å²) in [6.45, 7) is -1.74. The zero-order valence-corrected chi connectivity index (χ0v) is 13.6. The van der Waals surface area contributed by atoms with Gasteiger partial charge in [0.25, 0.3) is 0 Å². The lowest BCUT2D eigenvalue weighted by molar-refractivity contribution is -0.119. The van der Waals surface area contributed by atoms with Crippen molar-refractivity contribution < 1.29 is 51.1 Å². The van der Waals surface area contributed by atoms with Gasteiger partial charge in [0.15, 0.2) is 0 Å². The number of hydrogen-bond acceptors (Lipinski definition) is 12. The Hall–Kier alpha value is -1.32. The average molecular weight is 380 g/mol. The summed E-state index contributed by atoms with van der Waals surface area (Å²) >= 11 is 0. The van der Waals surface area contributed by atoms with E-state index in [0.29, 0.717) is 0 Å². The molecular formula is C14H24N2O10. The molecule has 0 bridgehead atoms. The Morgan fingerprint density at radius 2 is 0.962 bits per heavy atom. The predicted octanol–water partition coefficient (Wildman–Crippen LogP) is -5.31. The Balaban J connectivity index is 2.96. The fourth-order valence-corrected chi connectivity index (χ4v) is 2.08. The van der Waals surface area contributed by atoms with Crippen molar-refractivity contribution in [1.29, 1.82) is 0 Å².